The molecule has 17 heavy (non-hydrogen) atoms. The third-order valence-electron chi connectivity index (χ3n) is 3.96. The van der Waals surface area contributed by atoms with Crippen molar-refractivity contribution in [3.63, 3.8) is 0 Å². The van der Waals surface area contributed by atoms with Crippen LogP contribution in [0.2, 0.25) is 0 Å². The maximum atomic E-state index is 4.54. The molecule has 2 atom stereocenters. The lowest BCUT2D eigenvalue weighted by Crippen LogP contribution is -2.40. The summed E-state index contributed by atoms with van der Waals surface area (Å²) < 4.78 is 0. The number of nitrogens with one attached hydrogen (secondary N) is 1. The van der Waals surface area contributed by atoms with Gasteiger partial charge in [0, 0.05) is 19.1 Å². The summed E-state index contributed by atoms with van der Waals surface area (Å²) in [6.45, 7) is 7.19. The zero-order chi connectivity index (χ0) is 11.8. The maximum Gasteiger partial charge on any atom is 0.245 e. The van der Waals surface area contributed by atoms with Gasteiger partial charge in [-0.05, 0) is 39.2 Å². The Kier molecular flexibility index (Phi) is 2.70. The van der Waals surface area contributed by atoms with Crippen molar-refractivity contribution in [2.75, 3.05) is 24.5 Å². The van der Waals surface area contributed by atoms with Crippen LogP contribution in [0.3, 0.4) is 0 Å². The number of hydrogen-bond donors (Lipinski definition) is 1. The van der Waals surface area contributed by atoms with Crippen molar-refractivity contribution < 1.29 is 0 Å². The fourth-order valence-corrected chi connectivity index (χ4v) is 2.79. The summed E-state index contributed by atoms with van der Waals surface area (Å²) in [5.74, 6) is 1.55. The first-order chi connectivity index (χ1) is 8.24. The minimum atomic E-state index is 0.619. The van der Waals surface area contributed by atoms with Crippen LogP contribution in [-0.2, 0) is 0 Å². The summed E-state index contributed by atoms with van der Waals surface area (Å²) in [5, 5.41) is 12.0. The number of fused-ring (bicyclic) bond motifs is 1. The van der Waals surface area contributed by atoms with Gasteiger partial charge < -0.3 is 10.2 Å². The summed E-state index contributed by atoms with van der Waals surface area (Å²) in [6, 6.07) is 0.619. The maximum absolute atomic E-state index is 4.54. The Hall–Kier alpha value is -1.23. The fraction of sp³-hybridized carbons (Fsp3) is 0.750. The van der Waals surface area contributed by atoms with Crippen molar-refractivity contribution >= 4 is 5.95 Å². The highest BCUT2D eigenvalue weighted by molar-refractivity contribution is 5.33. The zero-order valence-electron chi connectivity index (χ0n) is 10.5. The van der Waals surface area contributed by atoms with Crippen LogP contribution in [0.4, 0.5) is 5.95 Å². The number of piperidine rings is 1. The molecule has 3 rings (SSSR count). The van der Waals surface area contributed by atoms with E-state index >= 15 is 0 Å². The number of anilines is 1. The first-order valence-corrected chi connectivity index (χ1v) is 6.40. The third-order valence-corrected chi connectivity index (χ3v) is 3.96. The minimum Gasteiger partial charge on any atom is -0.338 e. The van der Waals surface area contributed by atoms with Gasteiger partial charge in [0.05, 0.1) is 11.4 Å². The second kappa shape index (κ2) is 4.22. The van der Waals surface area contributed by atoms with Crippen LogP contribution < -0.4 is 10.2 Å². The Morgan fingerprint density at radius 2 is 2.06 bits per heavy atom. The first-order valence-electron chi connectivity index (χ1n) is 6.40. The fourth-order valence-electron chi connectivity index (χ4n) is 2.79. The quantitative estimate of drug-likeness (QED) is 0.773. The van der Waals surface area contributed by atoms with Crippen LogP contribution in [0.15, 0.2) is 0 Å². The molecule has 2 aliphatic heterocycles. The van der Waals surface area contributed by atoms with E-state index in [1.807, 2.05) is 13.8 Å². The Morgan fingerprint density at radius 1 is 1.18 bits per heavy atom. The van der Waals surface area contributed by atoms with E-state index in [-0.39, 0.29) is 0 Å². The molecule has 0 spiro atoms. The number of nitrogens with zero attached hydrogens (tertiary/aromatic N) is 4. The van der Waals surface area contributed by atoms with Crippen LogP contribution >= 0.6 is 0 Å². The Morgan fingerprint density at radius 3 is 2.82 bits per heavy atom. The molecule has 0 radical (unpaired) electrons. The number of hydrogen-bond acceptors (Lipinski definition) is 5. The topological polar surface area (TPSA) is 53.9 Å². The minimum absolute atomic E-state index is 0.619. The molecule has 0 amide bonds. The second-order valence-corrected chi connectivity index (χ2v) is 5.15. The van der Waals surface area contributed by atoms with Gasteiger partial charge in [0.2, 0.25) is 5.95 Å². The van der Waals surface area contributed by atoms with E-state index in [9.17, 15) is 0 Å². The van der Waals surface area contributed by atoms with Crippen molar-refractivity contribution in [2.45, 2.75) is 32.7 Å². The average molecular weight is 233 g/mol. The van der Waals surface area contributed by atoms with Crippen molar-refractivity contribution in [1.82, 2.24) is 20.5 Å². The number of aryl methyl sites for hydroxylation is 2. The predicted octanol–water partition coefficient (Wildman–Crippen LogP) is 0.677. The van der Waals surface area contributed by atoms with Crippen molar-refractivity contribution in [3.8, 4) is 0 Å². The van der Waals surface area contributed by atoms with Gasteiger partial charge in [-0.15, -0.1) is 5.10 Å². The molecule has 2 saturated heterocycles. The molecule has 2 aliphatic rings. The van der Waals surface area contributed by atoms with Gasteiger partial charge in [0.15, 0.2) is 0 Å². The van der Waals surface area contributed by atoms with Gasteiger partial charge in [0.25, 0.3) is 0 Å². The average Bonchev–Trinajstić information content (AvgIpc) is 2.76. The van der Waals surface area contributed by atoms with Crippen molar-refractivity contribution in [1.29, 1.82) is 0 Å². The molecule has 0 unspecified atom stereocenters. The van der Waals surface area contributed by atoms with E-state index in [1.165, 1.54) is 12.8 Å². The summed E-state index contributed by atoms with van der Waals surface area (Å²) in [7, 11) is 0. The van der Waals surface area contributed by atoms with E-state index in [1.54, 1.807) is 0 Å². The monoisotopic (exact) mass is 233 g/mol. The van der Waals surface area contributed by atoms with E-state index in [0.717, 1.165) is 42.9 Å². The molecular formula is C12H19N5. The largest absolute Gasteiger partial charge is 0.338 e. The predicted molar refractivity (Wildman–Crippen MR) is 66.0 cm³/mol. The molecule has 3 heterocycles. The Balaban J connectivity index is 1.79. The van der Waals surface area contributed by atoms with E-state index < -0.39 is 0 Å². The zero-order valence-corrected chi connectivity index (χ0v) is 10.5. The highest BCUT2D eigenvalue weighted by Crippen LogP contribution is 2.27. The molecule has 2 fully saturated rings. The van der Waals surface area contributed by atoms with E-state index in [4.69, 9.17) is 0 Å². The number of aromatic nitrogens is 3. The Labute approximate surface area is 102 Å². The highest BCUT2D eigenvalue weighted by atomic mass is 15.3. The first kappa shape index (κ1) is 10.9. The van der Waals surface area contributed by atoms with Gasteiger partial charge in [0.1, 0.15) is 0 Å². The molecule has 1 N–H and O–H groups in total. The second-order valence-electron chi connectivity index (χ2n) is 5.15. The normalized spacial score (nSPS) is 28.2. The summed E-state index contributed by atoms with van der Waals surface area (Å²) in [4.78, 5) is 6.81. The molecular weight excluding hydrogens is 214 g/mol. The number of rotatable bonds is 1. The van der Waals surface area contributed by atoms with E-state index in [0.29, 0.717) is 6.04 Å². The molecule has 1 aromatic rings. The van der Waals surface area contributed by atoms with Crippen LogP contribution in [0, 0.1) is 19.8 Å². The molecule has 92 valence electrons. The molecule has 0 saturated carbocycles. The summed E-state index contributed by atoms with van der Waals surface area (Å²) in [6.07, 6.45) is 2.62. The van der Waals surface area contributed by atoms with Gasteiger partial charge in [-0.25, -0.2) is 4.98 Å². The van der Waals surface area contributed by atoms with Crippen molar-refractivity contribution in [2.24, 2.45) is 5.92 Å². The Bertz CT molecular complexity index is 405. The summed E-state index contributed by atoms with van der Waals surface area (Å²) >= 11 is 0. The lowest BCUT2D eigenvalue weighted by Gasteiger charge is -2.24. The molecule has 1 aromatic heterocycles. The van der Waals surface area contributed by atoms with Crippen LogP contribution in [-0.4, -0.2) is 40.9 Å². The smallest absolute Gasteiger partial charge is 0.245 e. The molecule has 5 nitrogen and oxygen atoms in total. The third kappa shape index (κ3) is 1.99. The van der Waals surface area contributed by atoms with Gasteiger partial charge in [-0.3, -0.25) is 0 Å². The van der Waals surface area contributed by atoms with E-state index in [2.05, 4.69) is 25.4 Å². The van der Waals surface area contributed by atoms with Crippen molar-refractivity contribution in [3.05, 3.63) is 11.4 Å². The van der Waals surface area contributed by atoms with Crippen LogP contribution in [0.5, 0.6) is 0 Å². The van der Waals surface area contributed by atoms with Gasteiger partial charge in [-0.1, -0.05) is 0 Å². The standard InChI is InChI=1S/C12H19N5/c1-8-9(2)15-16-12(14-8)17-6-10-4-3-5-13-11(10)7-17/h10-11,13H,3-7H2,1-2H3/t10-,11+/m0/s1. The van der Waals surface area contributed by atoms with Crippen LogP contribution in [0.25, 0.3) is 0 Å². The molecule has 5 heteroatoms. The van der Waals surface area contributed by atoms with Gasteiger partial charge >= 0.3 is 0 Å². The highest BCUT2D eigenvalue weighted by Gasteiger charge is 2.35. The lowest BCUT2D eigenvalue weighted by molar-refractivity contribution is 0.340. The molecule has 0 aliphatic carbocycles. The SMILES string of the molecule is Cc1nnc(N2C[C@@H]3CCCN[C@@H]3C2)nc1C. The molecule has 0 bridgehead atoms. The summed E-state index contributed by atoms with van der Waals surface area (Å²) in [5.41, 5.74) is 1.90. The lowest BCUT2D eigenvalue weighted by atomic mass is 9.94. The molecule has 0 aromatic carbocycles. The van der Waals surface area contributed by atoms with Crippen LogP contribution in [0.1, 0.15) is 24.2 Å². The van der Waals surface area contributed by atoms with Gasteiger partial charge in [-0.2, -0.15) is 5.10 Å².